The first-order valence-corrected chi connectivity index (χ1v) is 15.5. The van der Waals surface area contributed by atoms with E-state index in [4.69, 9.17) is 20.0 Å². The number of amides is 2. The third-order valence-electron chi connectivity index (χ3n) is 8.14. The number of likely N-dealkylation sites (tertiary alicyclic amines) is 1. The minimum absolute atomic E-state index is 0.0717. The van der Waals surface area contributed by atoms with E-state index in [1.54, 1.807) is 30.6 Å². The quantitative estimate of drug-likeness (QED) is 0.231. The van der Waals surface area contributed by atoms with Crippen molar-refractivity contribution >= 4 is 34.1 Å². The lowest BCUT2D eigenvalue weighted by Crippen LogP contribution is -2.52. The zero-order chi connectivity index (χ0) is 30.5. The minimum Gasteiger partial charge on any atom is -0.383 e. The minimum atomic E-state index is -0.845. The van der Waals surface area contributed by atoms with Gasteiger partial charge in [-0.3, -0.25) is 19.3 Å². The number of carbonyl (C=O) groups is 3. The molecule has 230 valence electrons. The van der Waals surface area contributed by atoms with Crippen LogP contribution in [0.3, 0.4) is 0 Å². The van der Waals surface area contributed by atoms with E-state index < -0.39 is 24.2 Å². The van der Waals surface area contributed by atoms with Crippen LogP contribution in [-0.2, 0) is 19.1 Å². The maximum absolute atomic E-state index is 13.7. The summed E-state index contributed by atoms with van der Waals surface area (Å²) in [6, 6.07) is 4.88. The molecule has 3 fully saturated rings. The molecule has 4 heterocycles. The highest BCUT2D eigenvalue weighted by molar-refractivity contribution is 7.14. The molecule has 0 bridgehead atoms. The number of rotatable bonds is 11. The molecular formula is C29H38N8O5S. The fourth-order valence-electron chi connectivity index (χ4n) is 5.88. The largest absolute Gasteiger partial charge is 0.383 e. The molecule has 1 aromatic heterocycles. The third-order valence-corrected chi connectivity index (χ3v) is 9.04. The molecule has 2 amide bonds. The Hall–Kier alpha value is -3.55. The number of fused-ring (bicyclic) bond motifs is 1. The van der Waals surface area contributed by atoms with E-state index in [9.17, 15) is 14.4 Å². The van der Waals surface area contributed by atoms with Crippen LogP contribution in [-0.4, -0.2) is 116 Å². The van der Waals surface area contributed by atoms with Crippen molar-refractivity contribution in [3.05, 3.63) is 45.7 Å². The van der Waals surface area contributed by atoms with Gasteiger partial charge in [0.25, 0.3) is 5.91 Å². The van der Waals surface area contributed by atoms with Crippen molar-refractivity contribution in [2.24, 2.45) is 11.0 Å². The molecule has 3 aliphatic heterocycles. The van der Waals surface area contributed by atoms with Crippen LogP contribution in [0.4, 0.5) is 5.13 Å². The van der Waals surface area contributed by atoms with E-state index in [0.717, 1.165) is 55.7 Å². The molecule has 5 rings (SSSR count). The van der Waals surface area contributed by atoms with Crippen LogP contribution in [0.5, 0.6) is 0 Å². The second-order valence-electron chi connectivity index (χ2n) is 11.5. The first-order valence-electron chi connectivity index (χ1n) is 14.6. The lowest BCUT2D eigenvalue weighted by molar-refractivity contribution is -0.138. The number of methoxy groups -OCH3 is 1. The molecule has 0 unspecified atom stereocenters. The predicted octanol–water partition coefficient (Wildman–Crippen LogP) is 2.58. The Kier molecular flexibility index (Phi) is 9.93. The number of anilines is 1. The van der Waals surface area contributed by atoms with Crippen LogP contribution >= 0.6 is 11.3 Å². The fourth-order valence-corrected chi connectivity index (χ4v) is 6.77. The molecule has 13 nitrogen and oxygen atoms in total. The van der Waals surface area contributed by atoms with E-state index in [-0.39, 0.29) is 36.7 Å². The van der Waals surface area contributed by atoms with Crippen molar-refractivity contribution in [3.8, 4) is 11.3 Å². The molecular weight excluding hydrogens is 572 g/mol. The second-order valence-corrected chi connectivity index (χ2v) is 12.4. The van der Waals surface area contributed by atoms with Crippen LogP contribution in [0.15, 0.2) is 34.8 Å². The summed E-state index contributed by atoms with van der Waals surface area (Å²) in [5, 5.41) is 9.64. The molecule has 0 aliphatic carbocycles. The van der Waals surface area contributed by atoms with Gasteiger partial charge in [-0.05, 0) is 30.0 Å². The zero-order valence-corrected chi connectivity index (χ0v) is 25.5. The summed E-state index contributed by atoms with van der Waals surface area (Å²) in [4.78, 5) is 53.3. The van der Waals surface area contributed by atoms with Crippen molar-refractivity contribution < 1.29 is 23.9 Å². The first-order chi connectivity index (χ1) is 20.8. The van der Waals surface area contributed by atoms with E-state index in [1.807, 2.05) is 31.4 Å². The zero-order valence-electron chi connectivity index (χ0n) is 24.7. The van der Waals surface area contributed by atoms with Gasteiger partial charge in [-0.15, -0.1) is 11.3 Å². The summed E-state index contributed by atoms with van der Waals surface area (Å²) in [6.07, 6.45) is -0.271. The van der Waals surface area contributed by atoms with Crippen molar-refractivity contribution in [2.45, 2.75) is 44.5 Å². The molecule has 14 heteroatoms. The number of hydrogen-bond donors (Lipinski definition) is 1. The normalized spacial score (nSPS) is 22.9. The number of nitrogens with zero attached hydrogens (tertiary/aromatic N) is 7. The van der Waals surface area contributed by atoms with Crippen LogP contribution in [0.1, 0.15) is 30.6 Å². The number of piperazine rings is 1. The molecule has 3 aliphatic rings. The Bertz CT molecular complexity index is 1350. The van der Waals surface area contributed by atoms with Gasteiger partial charge in [-0.25, -0.2) is 4.98 Å². The number of Topliss-reactive ketones (excluding diaryl/α,β-unsaturated/α-hetero) is 1. The predicted molar refractivity (Wildman–Crippen MR) is 162 cm³/mol. The molecule has 4 atom stereocenters. The Morgan fingerprint density at radius 1 is 1.23 bits per heavy atom. The highest BCUT2D eigenvalue weighted by atomic mass is 32.1. The fraction of sp³-hybridized carbons (Fsp3) is 0.586. The van der Waals surface area contributed by atoms with Crippen molar-refractivity contribution in [1.29, 1.82) is 0 Å². The van der Waals surface area contributed by atoms with E-state index >= 15 is 0 Å². The molecule has 3 saturated heterocycles. The summed E-state index contributed by atoms with van der Waals surface area (Å²) in [5.74, 6) is -0.885. The molecule has 2 aromatic rings. The lowest BCUT2D eigenvalue weighted by atomic mass is 10.0. The van der Waals surface area contributed by atoms with E-state index in [0.29, 0.717) is 12.0 Å². The molecule has 1 aromatic carbocycles. The average molecular weight is 611 g/mol. The van der Waals surface area contributed by atoms with E-state index in [1.165, 1.54) is 4.90 Å². The number of ketones is 1. The number of hydrogen-bond acceptors (Lipinski definition) is 10. The molecule has 0 saturated carbocycles. The van der Waals surface area contributed by atoms with Gasteiger partial charge in [-0.1, -0.05) is 31.1 Å². The van der Waals surface area contributed by atoms with Gasteiger partial charge in [0.05, 0.1) is 24.4 Å². The van der Waals surface area contributed by atoms with Gasteiger partial charge in [0.15, 0.2) is 10.9 Å². The summed E-state index contributed by atoms with van der Waals surface area (Å²) in [6.45, 7) is 9.31. The van der Waals surface area contributed by atoms with Gasteiger partial charge in [-0.2, -0.15) is 0 Å². The van der Waals surface area contributed by atoms with Crippen molar-refractivity contribution in [2.75, 3.05) is 64.5 Å². The highest BCUT2D eigenvalue weighted by Gasteiger charge is 2.53. The van der Waals surface area contributed by atoms with Gasteiger partial charge in [0.2, 0.25) is 5.91 Å². The smallest absolute Gasteiger partial charge is 0.251 e. The van der Waals surface area contributed by atoms with Crippen LogP contribution in [0.25, 0.3) is 21.7 Å². The number of azide groups is 1. The van der Waals surface area contributed by atoms with Gasteiger partial charge >= 0.3 is 0 Å². The SMILES string of the molecule is COCCN1CCN(c2nc(-c3ccc(C(=O)N[C@@H](CC(C)C)C(=O)N4C[C@H](N=[N+]=[N-])[C@H]5OCC(=O)[C@H]54)cc3)cs2)CC1. The van der Waals surface area contributed by atoms with Crippen LogP contribution in [0, 0.1) is 5.92 Å². The monoisotopic (exact) mass is 610 g/mol. The first kappa shape index (κ1) is 30.9. The van der Waals surface area contributed by atoms with Crippen LogP contribution < -0.4 is 10.2 Å². The summed E-state index contributed by atoms with van der Waals surface area (Å²) < 4.78 is 10.7. The number of carbonyl (C=O) groups excluding carboxylic acids is 3. The number of nitrogens with one attached hydrogen (secondary N) is 1. The highest BCUT2D eigenvalue weighted by Crippen LogP contribution is 2.31. The lowest BCUT2D eigenvalue weighted by Gasteiger charge is -2.34. The standard InChI is InChI=1S/C29H38N8O5S/c1-18(2)14-21(28(40)37-15-22(33-34-30)26-25(37)24(38)16-42-26)31-27(39)20-6-4-19(5-7-20)23-17-43-29(32-23)36-10-8-35(9-11-36)12-13-41-3/h4-7,17-18,21-22,25-26H,8-16H2,1-3H3,(H,31,39)/t21-,22-,25+,26+/m0/s1. The summed E-state index contributed by atoms with van der Waals surface area (Å²) >= 11 is 1.61. The molecule has 43 heavy (non-hydrogen) atoms. The second kappa shape index (κ2) is 13.8. The van der Waals surface area contributed by atoms with Crippen LogP contribution in [0.2, 0.25) is 0 Å². The van der Waals surface area contributed by atoms with Gasteiger partial charge in [0, 0.05) is 67.8 Å². The average Bonchev–Trinajstić information content (AvgIpc) is 3.74. The Labute approximate surface area is 254 Å². The summed E-state index contributed by atoms with van der Waals surface area (Å²) in [7, 11) is 1.72. The Balaban J connectivity index is 1.23. The molecule has 0 spiro atoms. The Morgan fingerprint density at radius 2 is 1.98 bits per heavy atom. The van der Waals surface area contributed by atoms with Gasteiger partial charge in [0.1, 0.15) is 18.7 Å². The van der Waals surface area contributed by atoms with Crippen molar-refractivity contribution in [1.82, 2.24) is 20.1 Å². The Morgan fingerprint density at radius 3 is 2.65 bits per heavy atom. The van der Waals surface area contributed by atoms with E-state index in [2.05, 4.69) is 25.1 Å². The number of aromatic nitrogens is 1. The maximum atomic E-state index is 13.7. The third kappa shape index (κ3) is 7.00. The number of ether oxygens (including phenoxy) is 2. The molecule has 0 radical (unpaired) electrons. The summed E-state index contributed by atoms with van der Waals surface area (Å²) in [5.41, 5.74) is 11.1. The number of benzene rings is 1. The molecule has 1 N–H and O–H groups in total. The topological polar surface area (TPSA) is 153 Å². The van der Waals surface area contributed by atoms with Crippen molar-refractivity contribution in [3.63, 3.8) is 0 Å². The number of thiazole rings is 1. The maximum Gasteiger partial charge on any atom is 0.251 e. The van der Waals surface area contributed by atoms with Gasteiger partial charge < -0.3 is 24.6 Å².